The highest BCUT2D eigenvalue weighted by molar-refractivity contribution is 6.02. The molecule has 3 amide bonds. The average molecular weight is 643 g/mol. The van der Waals surface area contributed by atoms with E-state index in [-0.39, 0.29) is 18.3 Å². The molecule has 0 radical (unpaired) electrons. The van der Waals surface area contributed by atoms with Crippen molar-refractivity contribution in [2.24, 2.45) is 0 Å². The molecule has 0 bridgehead atoms. The normalized spacial score (nSPS) is 15.4. The van der Waals surface area contributed by atoms with Crippen LogP contribution in [0.15, 0.2) is 64.2 Å². The third-order valence-corrected chi connectivity index (χ3v) is 8.11. The first kappa shape index (κ1) is 32.9. The fraction of sp³-hybridized carbons (Fsp3) is 0.353. The van der Waals surface area contributed by atoms with E-state index in [0.717, 1.165) is 27.6 Å². The van der Waals surface area contributed by atoms with E-state index in [4.69, 9.17) is 9.47 Å². The zero-order valence-electron chi connectivity index (χ0n) is 27.2. The van der Waals surface area contributed by atoms with Gasteiger partial charge in [-0.05, 0) is 75.1 Å². The molecule has 2 atom stereocenters. The van der Waals surface area contributed by atoms with Crippen molar-refractivity contribution in [3.05, 3.63) is 86.4 Å². The number of carbonyl (C=O) groups excluding carboxylic acids is 3. The topological polar surface area (TPSA) is 167 Å². The molecule has 0 aliphatic carbocycles. The molecular weight excluding hydrogens is 604 g/mol. The number of carbonyl (C=O) groups is 3. The first-order valence-corrected chi connectivity index (χ1v) is 15.2. The molecule has 0 saturated carbocycles. The summed E-state index contributed by atoms with van der Waals surface area (Å²) in [7, 11) is 3.04. The first-order chi connectivity index (χ1) is 22.3. The van der Waals surface area contributed by atoms with Crippen LogP contribution < -0.4 is 26.1 Å². The predicted molar refractivity (Wildman–Crippen MR) is 176 cm³/mol. The standard InChI is InChI=1S/C34H38N6O7/c1-19(39(5)33(45)47-34(2,3)4)29(41)35-25-15-12-20-9-7-8-10-26(20)40(32(25)44)18-24-23-14-11-22(17-21(23)13-16-27(24)46-6)28-36-30(42)31(43)38-37-28/h7-11,13-14,16-17,19,25H,12,15,18H2,1-6H3,(H,35,41)(H,38,43)(H,36,37,42)/t19-,25-/m0/s1. The van der Waals surface area contributed by atoms with Crippen LogP contribution in [0.1, 0.15) is 45.2 Å². The maximum Gasteiger partial charge on any atom is 0.410 e. The number of hydrogen-bond donors (Lipinski definition) is 3. The molecule has 4 aromatic rings. The Labute approximate surface area is 270 Å². The molecule has 1 aliphatic rings. The second-order valence-corrected chi connectivity index (χ2v) is 12.5. The van der Waals surface area contributed by atoms with E-state index in [0.29, 0.717) is 24.2 Å². The number of methoxy groups -OCH3 is 1. The van der Waals surface area contributed by atoms with Crippen molar-refractivity contribution in [3.63, 3.8) is 0 Å². The SMILES string of the molecule is COc1ccc2cc(-c3n[nH]c(=O)c(=O)[nH]3)ccc2c1CN1C(=O)[C@@H](NC(=O)[C@H](C)N(C)C(=O)OC(C)(C)C)CCc2ccccc21. The van der Waals surface area contributed by atoms with Crippen molar-refractivity contribution in [3.8, 4) is 17.1 Å². The van der Waals surface area contributed by atoms with E-state index in [9.17, 15) is 24.0 Å². The van der Waals surface area contributed by atoms with Gasteiger partial charge in [-0.1, -0.05) is 36.4 Å². The monoisotopic (exact) mass is 642 g/mol. The summed E-state index contributed by atoms with van der Waals surface area (Å²) in [6.45, 7) is 6.95. The van der Waals surface area contributed by atoms with Crippen LogP contribution in [0.3, 0.4) is 0 Å². The van der Waals surface area contributed by atoms with E-state index in [2.05, 4.69) is 20.5 Å². The second-order valence-electron chi connectivity index (χ2n) is 12.5. The van der Waals surface area contributed by atoms with Gasteiger partial charge >= 0.3 is 17.2 Å². The van der Waals surface area contributed by atoms with Crippen LogP contribution in [0, 0.1) is 0 Å². The Kier molecular flexibility index (Phi) is 9.18. The van der Waals surface area contributed by atoms with E-state index in [1.165, 1.54) is 11.9 Å². The van der Waals surface area contributed by atoms with Gasteiger partial charge in [0.1, 0.15) is 23.4 Å². The number of para-hydroxylation sites is 1. The van der Waals surface area contributed by atoms with E-state index in [1.807, 2.05) is 42.5 Å². The fourth-order valence-corrected chi connectivity index (χ4v) is 5.49. The smallest absolute Gasteiger partial charge is 0.410 e. The molecule has 0 saturated heterocycles. The van der Waals surface area contributed by atoms with Crippen LogP contribution in [-0.4, -0.2) is 69.8 Å². The van der Waals surface area contributed by atoms with Crippen molar-refractivity contribution in [1.29, 1.82) is 0 Å². The summed E-state index contributed by atoms with van der Waals surface area (Å²) < 4.78 is 11.2. The number of likely N-dealkylation sites (N-methyl/N-ethyl adjacent to an activating group) is 1. The number of aryl methyl sites for hydroxylation is 1. The van der Waals surface area contributed by atoms with Gasteiger partial charge in [-0.25, -0.2) is 9.89 Å². The Morgan fingerprint density at radius 3 is 2.53 bits per heavy atom. The lowest BCUT2D eigenvalue weighted by Gasteiger charge is -2.30. The zero-order chi connectivity index (χ0) is 34.0. The Bertz CT molecular complexity index is 1960. The van der Waals surface area contributed by atoms with Gasteiger partial charge in [-0.3, -0.25) is 24.1 Å². The molecule has 0 unspecified atom stereocenters. The Hall–Kier alpha value is -5.46. The van der Waals surface area contributed by atoms with Gasteiger partial charge in [0, 0.05) is 23.9 Å². The minimum atomic E-state index is -0.893. The summed E-state index contributed by atoms with van der Waals surface area (Å²) in [4.78, 5) is 69.1. The van der Waals surface area contributed by atoms with Gasteiger partial charge in [-0.15, -0.1) is 0 Å². The number of amides is 3. The van der Waals surface area contributed by atoms with Crippen molar-refractivity contribution in [2.75, 3.05) is 19.1 Å². The quantitative estimate of drug-likeness (QED) is 0.258. The average Bonchev–Trinajstić information content (AvgIpc) is 3.16. The summed E-state index contributed by atoms with van der Waals surface area (Å²) in [5.41, 5.74) is 0.593. The summed E-state index contributed by atoms with van der Waals surface area (Å²) in [6.07, 6.45) is 0.261. The molecule has 3 aromatic carbocycles. The minimum Gasteiger partial charge on any atom is -0.496 e. The second kappa shape index (κ2) is 13.1. The molecule has 1 aliphatic heterocycles. The molecule has 47 heavy (non-hydrogen) atoms. The number of H-pyrrole nitrogens is 2. The highest BCUT2D eigenvalue weighted by atomic mass is 16.6. The molecule has 5 rings (SSSR count). The number of benzene rings is 3. The third-order valence-electron chi connectivity index (χ3n) is 8.11. The van der Waals surface area contributed by atoms with Crippen molar-refractivity contribution < 1.29 is 23.9 Å². The molecule has 246 valence electrons. The summed E-state index contributed by atoms with van der Waals surface area (Å²) in [6, 6.07) is 14.9. The molecule has 13 heteroatoms. The molecule has 3 N–H and O–H groups in total. The van der Waals surface area contributed by atoms with E-state index >= 15 is 0 Å². The van der Waals surface area contributed by atoms with Crippen molar-refractivity contribution in [1.82, 2.24) is 25.4 Å². The lowest BCUT2D eigenvalue weighted by molar-refractivity contribution is -0.130. The molecule has 1 aromatic heterocycles. The predicted octanol–water partition coefficient (Wildman–Crippen LogP) is 3.51. The van der Waals surface area contributed by atoms with Gasteiger partial charge in [0.25, 0.3) is 0 Å². The molecule has 0 fully saturated rings. The van der Waals surface area contributed by atoms with Crippen LogP contribution >= 0.6 is 0 Å². The first-order valence-electron chi connectivity index (χ1n) is 15.2. The number of nitrogens with one attached hydrogen (secondary N) is 3. The highest BCUT2D eigenvalue weighted by Crippen LogP contribution is 2.35. The van der Waals surface area contributed by atoms with Gasteiger partial charge < -0.3 is 24.7 Å². The summed E-state index contributed by atoms with van der Waals surface area (Å²) >= 11 is 0. The zero-order valence-corrected chi connectivity index (χ0v) is 27.2. The van der Waals surface area contributed by atoms with Crippen molar-refractivity contribution in [2.45, 2.75) is 64.8 Å². The van der Waals surface area contributed by atoms with Crippen LogP contribution in [-0.2, 0) is 27.3 Å². The third kappa shape index (κ3) is 7.03. The molecule has 13 nitrogen and oxygen atoms in total. The van der Waals surface area contributed by atoms with Crippen LogP contribution in [0.5, 0.6) is 5.75 Å². The van der Waals surface area contributed by atoms with Gasteiger partial charge in [-0.2, -0.15) is 5.10 Å². The lowest BCUT2D eigenvalue weighted by atomic mass is 9.99. The number of aromatic nitrogens is 3. The Morgan fingerprint density at radius 2 is 1.83 bits per heavy atom. The molecular formula is C34H38N6O7. The maximum atomic E-state index is 14.3. The number of nitrogens with zero attached hydrogens (tertiary/aromatic N) is 3. The van der Waals surface area contributed by atoms with Gasteiger partial charge in [0.2, 0.25) is 11.8 Å². The number of rotatable bonds is 7. The lowest BCUT2D eigenvalue weighted by Crippen LogP contribution is -2.54. The summed E-state index contributed by atoms with van der Waals surface area (Å²) in [5.74, 6) is -0.0212. The van der Waals surface area contributed by atoms with Crippen LogP contribution in [0.4, 0.5) is 10.5 Å². The number of hydrogen-bond acceptors (Lipinski definition) is 8. The highest BCUT2D eigenvalue weighted by Gasteiger charge is 2.35. The largest absolute Gasteiger partial charge is 0.496 e. The minimum absolute atomic E-state index is 0.128. The molecule has 2 heterocycles. The number of fused-ring (bicyclic) bond motifs is 2. The van der Waals surface area contributed by atoms with E-state index in [1.54, 1.807) is 51.8 Å². The van der Waals surface area contributed by atoms with Gasteiger partial charge in [0.15, 0.2) is 5.82 Å². The summed E-state index contributed by atoms with van der Waals surface area (Å²) in [5, 5.41) is 10.6. The Morgan fingerprint density at radius 1 is 1.09 bits per heavy atom. The fourth-order valence-electron chi connectivity index (χ4n) is 5.49. The number of aromatic amines is 2. The van der Waals surface area contributed by atoms with Crippen molar-refractivity contribution >= 4 is 34.4 Å². The van der Waals surface area contributed by atoms with E-state index < -0.39 is 40.8 Å². The van der Waals surface area contributed by atoms with Gasteiger partial charge in [0.05, 0.1) is 13.7 Å². The number of anilines is 1. The number of ether oxygens (including phenoxy) is 2. The van der Waals surface area contributed by atoms with Crippen LogP contribution in [0.25, 0.3) is 22.2 Å². The molecule has 0 spiro atoms. The Balaban J connectivity index is 1.47. The maximum absolute atomic E-state index is 14.3. The van der Waals surface area contributed by atoms with Crippen LogP contribution in [0.2, 0.25) is 0 Å².